The zero-order valence-electron chi connectivity index (χ0n) is 37.7. The van der Waals surface area contributed by atoms with Crippen LogP contribution in [0.15, 0.2) is 168 Å². The number of pyridine rings is 2. The van der Waals surface area contributed by atoms with Gasteiger partial charge >= 0.3 is 148 Å². The van der Waals surface area contributed by atoms with Crippen molar-refractivity contribution in [2.45, 2.75) is 63.2 Å². The average Bonchev–Trinajstić information content (AvgIpc) is 3.87. The van der Waals surface area contributed by atoms with Crippen molar-refractivity contribution in [3.8, 4) is 39.5 Å². The Morgan fingerprint density at radius 2 is 1.41 bits per heavy atom. The predicted octanol–water partition coefficient (Wildman–Crippen LogP) is 14.3. The van der Waals surface area contributed by atoms with E-state index in [2.05, 4.69) is 182 Å². The standard InChI is InChI=1S/C35H28N3O.C22H24GeN.Ir/c1-22-18-29-30(21-36-22)38(26-16-14-25(15-17-26)35(2,3)4)34(37-29)24-19-28(23-10-6-5-7-11-23)33-27-12-8-9-13-31(27)39-32(33)20-24;1-17(18-11-7-5-8-12-18)20-15-22(19-13-9-6-10-14-19)24-16-21(20)23(2,3)4;/h5-19,21H,1-4H3;5-13,15-17H,1-4H3;/q2*-1;. The smallest absolute Gasteiger partial charge is 0.123 e. The molecule has 0 bridgehead atoms. The molecule has 0 spiro atoms. The van der Waals surface area contributed by atoms with Gasteiger partial charge in [-0.15, -0.1) is 11.6 Å². The third kappa shape index (κ3) is 9.05. The van der Waals surface area contributed by atoms with E-state index in [1.807, 2.05) is 55.6 Å². The number of nitrogens with zero attached hydrogens (tertiary/aromatic N) is 4. The van der Waals surface area contributed by atoms with Crippen LogP contribution in [0, 0.1) is 19.1 Å². The zero-order chi connectivity index (χ0) is 43.9. The van der Waals surface area contributed by atoms with E-state index in [0.29, 0.717) is 5.92 Å². The van der Waals surface area contributed by atoms with Crippen LogP contribution in [-0.2, 0) is 25.5 Å². The minimum Gasteiger partial charge on any atom is -0.477 e. The number of rotatable bonds is 7. The summed E-state index contributed by atoms with van der Waals surface area (Å²) in [5, 5.41) is 2.15. The number of aryl methyl sites for hydroxylation is 1. The van der Waals surface area contributed by atoms with Gasteiger partial charge in [-0.05, 0) is 58.5 Å². The van der Waals surface area contributed by atoms with Crippen LogP contribution < -0.4 is 4.40 Å². The van der Waals surface area contributed by atoms with Crippen LogP contribution >= 0.6 is 0 Å². The number of hydrogen-bond acceptors (Lipinski definition) is 4. The van der Waals surface area contributed by atoms with E-state index >= 15 is 0 Å². The molecule has 0 aliphatic heterocycles. The molecule has 4 aromatic heterocycles. The van der Waals surface area contributed by atoms with Crippen molar-refractivity contribution >= 4 is 50.6 Å². The van der Waals surface area contributed by atoms with Crippen molar-refractivity contribution in [3.05, 3.63) is 199 Å². The van der Waals surface area contributed by atoms with E-state index in [-0.39, 0.29) is 25.5 Å². The molecule has 6 aromatic carbocycles. The first-order valence-corrected chi connectivity index (χ1v) is 29.1. The maximum absolute atomic E-state index is 6.36. The van der Waals surface area contributed by atoms with Gasteiger partial charge in [-0.3, -0.25) is 9.97 Å². The van der Waals surface area contributed by atoms with Gasteiger partial charge in [0, 0.05) is 31.5 Å². The Kier molecular flexibility index (Phi) is 12.8. The topological polar surface area (TPSA) is 56.7 Å². The van der Waals surface area contributed by atoms with Gasteiger partial charge in [0.2, 0.25) is 0 Å². The van der Waals surface area contributed by atoms with Crippen LogP contribution in [0.3, 0.4) is 0 Å². The van der Waals surface area contributed by atoms with Gasteiger partial charge in [0.05, 0.1) is 28.6 Å². The molecule has 0 N–H and O–H groups in total. The van der Waals surface area contributed by atoms with Crippen LogP contribution in [0.5, 0.6) is 0 Å². The van der Waals surface area contributed by atoms with Gasteiger partial charge in [0.15, 0.2) is 0 Å². The van der Waals surface area contributed by atoms with Crippen molar-refractivity contribution in [3.63, 3.8) is 0 Å². The van der Waals surface area contributed by atoms with Gasteiger partial charge in [-0.25, -0.2) is 0 Å². The molecule has 1 atom stereocenters. The Bertz CT molecular complexity index is 3200. The third-order valence-electron chi connectivity index (χ3n) is 11.9. The number of para-hydroxylation sites is 1. The number of hydrogen-bond donors (Lipinski definition) is 0. The van der Waals surface area contributed by atoms with Crippen molar-refractivity contribution in [2.24, 2.45) is 0 Å². The summed E-state index contributed by atoms with van der Waals surface area (Å²) < 4.78 is 10.0. The molecule has 0 amide bonds. The van der Waals surface area contributed by atoms with E-state index in [1.165, 1.54) is 21.1 Å². The minimum atomic E-state index is -2.01. The summed E-state index contributed by atoms with van der Waals surface area (Å²) in [4.78, 5) is 14.5. The van der Waals surface area contributed by atoms with Gasteiger partial charge in [0.1, 0.15) is 5.58 Å². The molecule has 0 aliphatic rings. The normalized spacial score (nSPS) is 12.2. The Hall–Kier alpha value is -5.92. The van der Waals surface area contributed by atoms with E-state index in [0.717, 1.165) is 78.1 Å². The second-order valence-electron chi connectivity index (χ2n) is 18.5. The molecule has 0 saturated heterocycles. The first-order chi connectivity index (χ1) is 30.3. The second kappa shape index (κ2) is 18.3. The zero-order valence-corrected chi connectivity index (χ0v) is 42.2. The Morgan fingerprint density at radius 3 is 2.09 bits per heavy atom. The van der Waals surface area contributed by atoms with Crippen molar-refractivity contribution in [1.29, 1.82) is 0 Å². The predicted molar refractivity (Wildman–Crippen MR) is 265 cm³/mol. The largest absolute Gasteiger partial charge is 0.477 e. The average molecular weight is 1070 g/mol. The Labute approximate surface area is 393 Å². The molecule has 1 radical (unpaired) electrons. The van der Waals surface area contributed by atoms with Crippen molar-refractivity contribution in [1.82, 2.24) is 19.5 Å². The quantitative estimate of drug-likeness (QED) is 0.118. The number of benzene rings is 6. The van der Waals surface area contributed by atoms with E-state index in [4.69, 9.17) is 14.4 Å². The van der Waals surface area contributed by atoms with Gasteiger partial charge < -0.3 is 8.98 Å². The molecule has 10 rings (SSSR count). The van der Waals surface area contributed by atoms with Crippen LogP contribution in [-0.4, -0.2) is 32.8 Å². The summed E-state index contributed by atoms with van der Waals surface area (Å²) in [6, 6.07) is 59.6. The fraction of sp³-hybridized carbons (Fsp3) is 0.175. The summed E-state index contributed by atoms with van der Waals surface area (Å²) in [6.45, 7) is 11.0. The number of imidazole rings is 1. The maximum atomic E-state index is 6.36. The SMILES string of the molecule is CC(c1ccccc1)c1cc(-c2[c-]cccc2)nc[c]1[Ge]([CH3])([CH3])[CH3].Cc1cc2nc(-c3[c-]c4oc5ccccc5c4c(-c4ccccc4)c3)n(-c3ccc(C(C)(C)C)cc3)c2cn1.[Ir]. The van der Waals surface area contributed by atoms with Gasteiger partial charge in [0.25, 0.3) is 0 Å². The Morgan fingerprint density at radius 1 is 0.719 bits per heavy atom. The molecule has 0 fully saturated rings. The van der Waals surface area contributed by atoms with Gasteiger partial charge in [-0.1, -0.05) is 93.1 Å². The molecule has 5 nitrogen and oxygen atoms in total. The number of furan rings is 1. The second-order valence-corrected chi connectivity index (χ2v) is 29.0. The molecule has 0 saturated carbocycles. The molecule has 1 unspecified atom stereocenters. The van der Waals surface area contributed by atoms with Gasteiger partial charge in [-0.2, -0.15) is 0 Å². The van der Waals surface area contributed by atoms with Crippen molar-refractivity contribution < 1.29 is 24.5 Å². The Balaban J connectivity index is 0.000000193. The molecule has 4 heterocycles. The fourth-order valence-electron chi connectivity index (χ4n) is 8.45. The van der Waals surface area contributed by atoms with Crippen LogP contribution in [0.1, 0.15) is 56.0 Å². The molecule has 0 aliphatic carbocycles. The van der Waals surface area contributed by atoms with E-state index < -0.39 is 13.3 Å². The van der Waals surface area contributed by atoms with E-state index in [1.54, 1.807) is 0 Å². The molecular formula is C57H52GeIrN4O-2. The van der Waals surface area contributed by atoms with Crippen LogP contribution in [0.2, 0.25) is 17.3 Å². The summed E-state index contributed by atoms with van der Waals surface area (Å²) in [5.74, 6) is 8.49. The van der Waals surface area contributed by atoms with E-state index in [9.17, 15) is 0 Å². The number of aromatic nitrogens is 4. The fourth-order valence-corrected chi connectivity index (χ4v) is 11.8. The monoisotopic (exact) mass is 1080 g/mol. The molecule has 321 valence electrons. The molecular weight excluding hydrogens is 1020 g/mol. The first-order valence-electron chi connectivity index (χ1n) is 21.8. The number of fused-ring (bicyclic) bond motifs is 4. The summed E-state index contributed by atoms with van der Waals surface area (Å²) in [7, 11) is 0. The van der Waals surface area contributed by atoms with Crippen molar-refractivity contribution in [2.75, 3.05) is 0 Å². The summed E-state index contributed by atoms with van der Waals surface area (Å²) >= 11 is -2.01. The van der Waals surface area contributed by atoms with Crippen LogP contribution in [0.25, 0.3) is 72.4 Å². The van der Waals surface area contributed by atoms with Crippen LogP contribution in [0.4, 0.5) is 0 Å². The minimum absolute atomic E-state index is 0. The summed E-state index contributed by atoms with van der Waals surface area (Å²) in [6.07, 6.45) is 4.04. The molecule has 64 heavy (non-hydrogen) atoms. The molecule has 7 heteroatoms. The molecule has 10 aromatic rings. The maximum Gasteiger partial charge on any atom is 0.123 e. The first kappa shape index (κ1) is 44.7. The third-order valence-corrected chi connectivity index (χ3v) is 16.2. The summed E-state index contributed by atoms with van der Waals surface area (Å²) in [5.41, 5.74) is 14.7.